The minimum Gasteiger partial charge on any atom is -0.488 e. The Hall–Kier alpha value is -1.03. The lowest BCUT2D eigenvalue weighted by molar-refractivity contribution is -0.145. The second-order valence-electron chi connectivity index (χ2n) is 3.94. The van der Waals surface area contributed by atoms with Crippen molar-refractivity contribution in [1.29, 1.82) is 0 Å². The Kier molecular flexibility index (Phi) is 3.19. The van der Waals surface area contributed by atoms with Gasteiger partial charge in [-0.15, -0.1) is 0 Å². The van der Waals surface area contributed by atoms with Crippen molar-refractivity contribution in [3.63, 3.8) is 0 Å². The number of ether oxygens (including phenoxy) is 1. The van der Waals surface area contributed by atoms with Crippen molar-refractivity contribution in [1.82, 2.24) is 0 Å². The lowest BCUT2D eigenvalue weighted by Gasteiger charge is -2.31. The monoisotopic (exact) mass is 284 g/mol. The van der Waals surface area contributed by atoms with Crippen LogP contribution in [0.4, 0.5) is 0 Å². The van der Waals surface area contributed by atoms with Crippen LogP contribution in [0, 0.1) is 5.92 Å². The molecule has 4 heteroatoms. The minimum atomic E-state index is -0.780. The molecule has 0 amide bonds. The second-order valence-corrected chi connectivity index (χ2v) is 4.80. The number of fused-ring (bicyclic) bond motifs is 1. The Labute approximate surface area is 103 Å². The molecule has 0 radical (unpaired) electrons. The smallest absolute Gasteiger partial charge is 0.310 e. The molecule has 2 atom stereocenters. The fraction of sp³-hybridized carbons (Fsp3) is 0.417. The van der Waals surface area contributed by atoms with Crippen LogP contribution in [0.25, 0.3) is 0 Å². The van der Waals surface area contributed by atoms with E-state index in [1.165, 1.54) is 0 Å². The Morgan fingerprint density at radius 2 is 2.38 bits per heavy atom. The molecule has 0 spiro atoms. The fourth-order valence-electron chi connectivity index (χ4n) is 2.06. The molecule has 86 valence electrons. The van der Waals surface area contributed by atoms with Crippen LogP contribution in [-0.2, 0) is 11.2 Å². The lowest BCUT2D eigenvalue weighted by atomic mass is 9.89. The second kappa shape index (κ2) is 4.45. The van der Waals surface area contributed by atoms with Gasteiger partial charge in [-0.05, 0) is 40.4 Å². The van der Waals surface area contributed by atoms with E-state index in [0.717, 1.165) is 15.8 Å². The van der Waals surface area contributed by atoms with Crippen LogP contribution in [0.5, 0.6) is 5.75 Å². The summed E-state index contributed by atoms with van der Waals surface area (Å²) in [5.74, 6) is -0.420. The maximum Gasteiger partial charge on any atom is 0.310 e. The highest BCUT2D eigenvalue weighted by atomic mass is 79.9. The predicted molar refractivity (Wildman–Crippen MR) is 63.7 cm³/mol. The van der Waals surface area contributed by atoms with Crippen molar-refractivity contribution >= 4 is 21.9 Å². The van der Waals surface area contributed by atoms with Crippen LogP contribution in [0.1, 0.15) is 18.9 Å². The van der Waals surface area contributed by atoms with E-state index in [0.29, 0.717) is 12.8 Å². The third kappa shape index (κ3) is 1.94. The predicted octanol–water partition coefficient (Wildman–Crippen LogP) is 2.86. The molecule has 0 aliphatic carbocycles. The Balaban J connectivity index is 2.37. The number of carboxylic acids is 1. The number of aliphatic carboxylic acids is 1. The largest absolute Gasteiger partial charge is 0.488 e. The van der Waals surface area contributed by atoms with Crippen molar-refractivity contribution in [2.45, 2.75) is 25.9 Å². The van der Waals surface area contributed by atoms with Crippen molar-refractivity contribution in [2.75, 3.05) is 0 Å². The van der Waals surface area contributed by atoms with E-state index in [2.05, 4.69) is 15.9 Å². The summed E-state index contributed by atoms with van der Waals surface area (Å²) in [6, 6.07) is 5.73. The van der Waals surface area contributed by atoms with Gasteiger partial charge in [-0.25, -0.2) is 0 Å². The molecule has 1 aliphatic rings. The summed E-state index contributed by atoms with van der Waals surface area (Å²) in [6.45, 7) is 1.95. The first-order valence-electron chi connectivity index (χ1n) is 5.30. The normalized spacial score (nSPS) is 23.4. The van der Waals surface area contributed by atoms with E-state index in [4.69, 9.17) is 9.84 Å². The van der Waals surface area contributed by atoms with Gasteiger partial charge in [0.25, 0.3) is 0 Å². The molecule has 1 aromatic rings. The summed E-state index contributed by atoms with van der Waals surface area (Å²) in [5.41, 5.74) is 0.964. The Bertz CT molecular complexity index is 417. The summed E-state index contributed by atoms with van der Waals surface area (Å²) in [4.78, 5) is 11.1. The molecule has 2 unspecified atom stereocenters. The molecule has 16 heavy (non-hydrogen) atoms. The maximum atomic E-state index is 11.1. The Morgan fingerprint density at radius 3 is 3.00 bits per heavy atom. The van der Waals surface area contributed by atoms with Crippen molar-refractivity contribution < 1.29 is 14.6 Å². The van der Waals surface area contributed by atoms with Gasteiger partial charge in [-0.1, -0.05) is 19.1 Å². The van der Waals surface area contributed by atoms with E-state index < -0.39 is 11.9 Å². The van der Waals surface area contributed by atoms with Crippen LogP contribution in [0.2, 0.25) is 0 Å². The van der Waals surface area contributed by atoms with Crippen molar-refractivity contribution in [3.05, 3.63) is 28.2 Å². The van der Waals surface area contributed by atoms with Crippen LogP contribution >= 0.6 is 15.9 Å². The van der Waals surface area contributed by atoms with Gasteiger partial charge in [0.1, 0.15) is 11.9 Å². The number of hydrogen-bond acceptors (Lipinski definition) is 2. The number of halogens is 1. The van der Waals surface area contributed by atoms with Crippen LogP contribution in [-0.4, -0.2) is 17.2 Å². The van der Waals surface area contributed by atoms with Gasteiger partial charge in [0.05, 0.1) is 10.4 Å². The molecule has 1 aromatic carbocycles. The van der Waals surface area contributed by atoms with E-state index in [1.54, 1.807) is 0 Å². The third-order valence-electron chi connectivity index (χ3n) is 2.93. The van der Waals surface area contributed by atoms with E-state index >= 15 is 0 Å². The quantitative estimate of drug-likeness (QED) is 0.908. The SMILES string of the molecule is CCC1Oc2c(Br)cccc2CC1C(=O)O. The van der Waals surface area contributed by atoms with E-state index in [1.807, 2.05) is 25.1 Å². The molecule has 3 nitrogen and oxygen atoms in total. The van der Waals surface area contributed by atoms with Crippen molar-refractivity contribution in [2.24, 2.45) is 5.92 Å². The zero-order valence-electron chi connectivity index (χ0n) is 8.94. The van der Waals surface area contributed by atoms with Gasteiger partial charge in [0.2, 0.25) is 0 Å². The number of para-hydroxylation sites is 1. The molecular formula is C12H13BrO3. The fourth-order valence-corrected chi connectivity index (χ4v) is 2.56. The number of carboxylic acid groups (broad SMARTS) is 1. The summed E-state index contributed by atoms with van der Waals surface area (Å²) in [5, 5.41) is 9.14. The first-order valence-corrected chi connectivity index (χ1v) is 6.09. The number of carbonyl (C=O) groups is 1. The van der Waals surface area contributed by atoms with Crippen LogP contribution in [0.15, 0.2) is 22.7 Å². The highest BCUT2D eigenvalue weighted by molar-refractivity contribution is 9.10. The molecule has 0 saturated carbocycles. The third-order valence-corrected chi connectivity index (χ3v) is 3.55. The van der Waals surface area contributed by atoms with Gasteiger partial charge in [0, 0.05) is 0 Å². The van der Waals surface area contributed by atoms with E-state index in [-0.39, 0.29) is 6.10 Å². The summed E-state index contributed by atoms with van der Waals surface area (Å²) < 4.78 is 6.65. The molecular weight excluding hydrogens is 272 g/mol. The molecule has 1 aliphatic heterocycles. The minimum absolute atomic E-state index is 0.233. The maximum absolute atomic E-state index is 11.1. The number of benzene rings is 1. The number of rotatable bonds is 2. The average Bonchev–Trinajstić information content (AvgIpc) is 2.28. The summed E-state index contributed by atoms with van der Waals surface area (Å²) in [7, 11) is 0. The molecule has 0 bridgehead atoms. The summed E-state index contributed by atoms with van der Waals surface area (Å²) in [6.07, 6.45) is 1.02. The Morgan fingerprint density at radius 1 is 1.62 bits per heavy atom. The molecule has 2 rings (SSSR count). The van der Waals surface area contributed by atoms with Gasteiger partial charge in [-0.3, -0.25) is 4.79 Å². The zero-order valence-corrected chi connectivity index (χ0v) is 10.5. The highest BCUT2D eigenvalue weighted by Crippen LogP contribution is 2.37. The lowest BCUT2D eigenvalue weighted by Crippen LogP contribution is -2.37. The van der Waals surface area contributed by atoms with Gasteiger partial charge in [0.15, 0.2) is 0 Å². The van der Waals surface area contributed by atoms with Crippen molar-refractivity contribution in [3.8, 4) is 5.75 Å². The van der Waals surface area contributed by atoms with Gasteiger partial charge < -0.3 is 9.84 Å². The van der Waals surface area contributed by atoms with Crippen LogP contribution < -0.4 is 4.74 Å². The molecule has 0 saturated heterocycles. The first-order chi connectivity index (χ1) is 7.63. The molecule has 1 N–H and O–H groups in total. The topological polar surface area (TPSA) is 46.5 Å². The number of hydrogen-bond donors (Lipinski definition) is 1. The summed E-state index contributed by atoms with van der Waals surface area (Å²) >= 11 is 3.42. The van der Waals surface area contributed by atoms with Crippen LogP contribution in [0.3, 0.4) is 0 Å². The molecule has 0 fully saturated rings. The van der Waals surface area contributed by atoms with Gasteiger partial charge >= 0.3 is 5.97 Å². The van der Waals surface area contributed by atoms with Gasteiger partial charge in [-0.2, -0.15) is 0 Å². The molecule has 1 heterocycles. The molecule has 0 aromatic heterocycles. The highest BCUT2D eigenvalue weighted by Gasteiger charge is 2.34. The zero-order chi connectivity index (χ0) is 11.7. The average molecular weight is 285 g/mol. The van der Waals surface area contributed by atoms with E-state index in [9.17, 15) is 4.79 Å². The standard InChI is InChI=1S/C12H13BrO3/c1-2-10-8(12(14)15)6-7-4-3-5-9(13)11(7)16-10/h3-5,8,10H,2,6H2,1H3,(H,14,15). The first kappa shape index (κ1) is 11.5.